The molecule has 0 aromatic carbocycles. The molecule has 0 saturated carbocycles. The summed E-state index contributed by atoms with van der Waals surface area (Å²) in [6.07, 6.45) is 5.46. The maximum absolute atomic E-state index is 9.77. The summed E-state index contributed by atoms with van der Waals surface area (Å²) in [5.74, 6) is -0.435. The van der Waals surface area contributed by atoms with Crippen LogP contribution in [0.4, 0.5) is 11.9 Å². The van der Waals surface area contributed by atoms with Gasteiger partial charge in [0.25, 0.3) is 0 Å². The van der Waals surface area contributed by atoms with Gasteiger partial charge in [0.1, 0.15) is 12.4 Å². The summed E-state index contributed by atoms with van der Waals surface area (Å²) in [5.41, 5.74) is 0. The molecular weight excluding hydrogens is 486 g/mol. The van der Waals surface area contributed by atoms with Gasteiger partial charge in [0, 0.05) is 0 Å². The van der Waals surface area contributed by atoms with Crippen LogP contribution in [0.2, 0.25) is 0 Å². The van der Waals surface area contributed by atoms with Crippen LogP contribution in [0.25, 0.3) is 0 Å². The molecule has 0 radical (unpaired) electrons. The van der Waals surface area contributed by atoms with E-state index in [0.29, 0.717) is 0 Å². The molecule has 19 heavy (non-hydrogen) atoms. The van der Waals surface area contributed by atoms with Gasteiger partial charge in [0.2, 0.25) is 0 Å². The molecule has 0 unspecified atom stereocenters. The van der Waals surface area contributed by atoms with Crippen LogP contribution < -0.4 is 24.8 Å². The number of aromatic amines is 2. The third-order valence-electron chi connectivity index (χ3n) is 1.31. The number of hydrogen-bond donors (Lipinski definition) is 2. The van der Waals surface area contributed by atoms with E-state index in [9.17, 15) is 20.2 Å². The maximum atomic E-state index is 9.77. The van der Waals surface area contributed by atoms with Crippen molar-refractivity contribution in [2.24, 2.45) is 0 Å². The number of H-pyrrole nitrogens is 2. The zero-order valence-electron chi connectivity index (χ0n) is 8.80. The molecule has 0 amide bonds. The van der Waals surface area contributed by atoms with Crippen LogP contribution in [0.15, 0.2) is 24.8 Å². The largest absolute Gasteiger partial charge is 2.00 e. The molecule has 0 saturated heterocycles. The van der Waals surface area contributed by atoms with Crippen LogP contribution in [-0.4, -0.2) is 29.8 Å². The summed E-state index contributed by atoms with van der Waals surface area (Å²) in [4.78, 5) is 29.8. The van der Waals surface area contributed by atoms with E-state index < -0.39 is 9.85 Å². The zero-order valence-corrected chi connectivity index (χ0v) is 12.6. The zero-order chi connectivity index (χ0) is 12.0. The van der Waals surface area contributed by atoms with Crippen molar-refractivity contribution in [3.8, 4) is 0 Å². The van der Waals surface area contributed by atoms with Crippen molar-refractivity contribution in [2.75, 3.05) is 0 Å². The van der Waals surface area contributed by atoms with Crippen molar-refractivity contribution in [2.45, 2.75) is 0 Å². The standard InChI is InChI=1S/2C3H3N3O2.2ClH.Pt/c2*7-6(8)3-4-1-2-5-3;;;/h2*1-2H,(H,4,5);2*1H;/q;;;;+2/p-2. The molecule has 10 nitrogen and oxygen atoms in total. The quantitative estimate of drug-likeness (QED) is 0.317. The fourth-order valence-electron chi connectivity index (χ4n) is 0.714. The van der Waals surface area contributed by atoms with Crippen molar-refractivity contribution in [3.05, 3.63) is 45.0 Å². The molecule has 0 atom stereocenters. The first-order valence-electron chi connectivity index (χ1n) is 3.89. The monoisotopic (exact) mass is 491 g/mol. The number of nitrogens with one attached hydrogen (secondary N) is 2. The van der Waals surface area contributed by atoms with Crippen molar-refractivity contribution in [1.29, 1.82) is 0 Å². The van der Waals surface area contributed by atoms with Gasteiger partial charge in [-0.1, -0.05) is 9.97 Å². The summed E-state index contributed by atoms with van der Waals surface area (Å²) in [5, 5.41) is 19.5. The summed E-state index contributed by atoms with van der Waals surface area (Å²) in [6.45, 7) is 0. The van der Waals surface area contributed by atoms with Gasteiger partial charge in [-0.05, 0) is 9.85 Å². The Morgan fingerprint density at radius 2 is 1.21 bits per heavy atom. The molecule has 0 bridgehead atoms. The summed E-state index contributed by atoms with van der Waals surface area (Å²) < 4.78 is 0. The average Bonchev–Trinajstić information content (AvgIpc) is 2.93. The molecule has 0 aliphatic carbocycles. The summed E-state index contributed by atoms with van der Waals surface area (Å²) in [6, 6.07) is 0. The van der Waals surface area contributed by atoms with Crippen molar-refractivity contribution in [3.63, 3.8) is 0 Å². The Morgan fingerprint density at radius 3 is 1.32 bits per heavy atom. The Labute approximate surface area is 132 Å². The number of rotatable bonds is 2. The fourth-order valence-corrected chi connectivity index (χ4v) is 0.714. The van der Waals surface area contributed by atoms with Crippen LogP contribution >= 0.6 is 0 Å². The Bertz CT molecular complexity index is 420. The molecule has 2 rings (SSSR count). The smallest absolute Gasteiger partial charge is 1.00 e. The predicted octanol–water partition coefficient (Wildman–Crippen LogP) is -5.36. The first-order chi connectivity index (χ1) is 7.61. The number of imidazole rings is 2. The van der Waals surface area contributed by atoms with Gasteiger partial charge in [0.05, 0.1) is 12.4 Å². The minimum Gasteiger partial charge on any atom is -1.00 e. The average molecular weight is 492 g/mol. The third kappa shape index (κ3) is 8.25. The van der Waals surface area contributed by atoms with Gasteiger partial charge in [0.15, 0.2) is 0 Å². The molecule has 108 valence electrons. The van der Waals surface area contributed by atoms with Gasteiger partial charge < -0.3 is 45.0 Å². The predicted molar refractivity (Wildman–Crippen MR) is 50.5 cm³/mol. The van der Waals surface area contributed by atoms with Crippen molar-refractivity contribution < 1.29 is 55.7 Å². The molecule has 2 aromatic rings. The number of halogens is 2. The van der Waals surface area contributed by atoms with E-state index >= 15 is 0 Å². The molecule has 0 aliphatic heterocycles. The second kappa shape index (κ2) is 11.6. The molecule has 0 fully saturated rings. The van der Waals surface area contributed by atoms with E-state index in [4.69, 9.17) is 0 Å². The SMILES string of the molecule is O=[N+]([O-])c1ncc[nH]1.O=[N+]([O-])c1ncc[nH]1.[Cl-].[Cl-].[Pt+2]. The Hall–Kier alpha value is -1.51. The van der Waals surface area contributed by atoms with Crippen LogP contribution in [0, 0.1) is 20.2 Å². The van der Waals surface area contributed by atoms with Crippen molar-refractivity contribution in [1.82, 2.24) is 19.9 Å². The molecule has 2 heterocycles. The first kappa shape index (κ1) is 22.6. The molecular formula is C6H6Cl2N6O4Pt. The fraction of sp³-hybridized carbons (Fsp3) is 0. The minimum atomic E-state index is -0.583. The Balaban J connectivity index is -0.000000233. The number of aromatic nitrogens is 4. The van der Waals surface area contributed by atoms with E-state index in [-0.39, 0.29) is 57.8 Å². The van der Waals surface area contributed by atoms with E-state index in [1.54, 1.807) is 0 Å². The molecule has 2 aromatic heterocycles. The molecule has 13 heteroatoms. The van der Waals surface area contributed by atoms with E-state index in [0.717, 1.165) is 0 Å². The second-order valence-corrected chi connectivity index (χ2v) is 2.34. The molecule has 0 aliphatic rings. The van der Waals surface area contributed by atoms with Crippen LogP contribution in [-0.2, 0) is 21.1 Å². The first-order valence-corrected chi connectivity index (χ1v) is 3.89. The van der Waals surface area contributed by atoms with Crippen LogP contribution in [0.1, 0.15) is 0 Å². The van der Waals surface area contributed by atoms with Gasteiger partial charge in [-0.25, -0.2) is 9.97 Å². The minimum absolute atomic E-state index is 0. The summed E-state index contributed by atoms with van der Waals surface area (Å²) >= 11 is 0. The van der Waals surface area contributed by atoms with Gasteiger partial charge in [-0.2, -0.15) is 0 Å². The Kier molecular flexibility index (Phi) is 13.8. The van der Waals surface area contributed by atoms with Crippen LogP contribution in [0.3, 0.4) is 0 Å². The topological polar surface area (TPSA) is 144 Å². The summed E-state index contributed by atoms with van der Waals surface area (Å²) in [7, 11) is 0. The number of nitrogens with zero attached hydrogens (tertiary/aromatic N) is 4. The van der Waals surface area contributed by atoms with Crippen LogP contribution in [0.5, 0.6) is 0 Å². The Morgan fingerprint density at radius 1 is 0.895 bits per heavy atom. The van der Waals surface area contributed by atoms with E-state index in [2.05, 4.69) is 19.9 Å². The van der Waals surface area contributed by atoms with Gasteiger partial charge >= 0.3 is 33.0 Å². The normalized spacial score (nSPS) is 7.58. The second-order valence-electron chi connectivity index (χ2n) is 2.34. The maximum Gasteiger partial charge on any atom is 2.00 e. The van der Waals surface area contributed by atoms with Gasteiger partial charge in [-0.15, -0.1) is 0 Å². The van der Waals surface area contributed by atoms with Gasteiger partial charge in [-0.3, -0.25) is 0 Å². The number of nitro groups is 2. The van der Waals surface area contributed by atoms with E-state index in [1.807, 2.05) is 0 Å². The van der Waals surface area contributed by atoms with E-state index in [1.165, 1.54) is 24.8 Å². The number of hydrogen-bond acceptors (Lipinski definition) is 6. The molecule has 2 N–H and O–H groups in total. The molecule has 0 spiro atoms. The third-order valence-corrected chi connectivity index (χ3v) is 1.31. The van der Waals surface area contributed by atoms with Crippen molar-refractivity contribution >= 4 is 11.9 Å².